The van der Waals surface area contributed by atoms with E-state index in [1.54, 1.807) is 37.8 Å². The molecule has 0 radical (unpaired) electrons. The number of allylic oxidation sites excluding steroid dienone is 3. The summed E-state index contributed by atoms with van der Waals surface area (Å²) in [5.41, 5.74) is 6.95. The van der Waals surface area contributed by atoms with Gasteiger partial charge in [-0.1, -0.05) is 12.7 Å². The van der Waals surface area contributed by atoms with E-state index in [4.69, 9.17) is 5.73 Å². The molecule has 5 heteroatoms. The summed E-state index contributed by atoms with van der Waals surface area (Å²) in [6.45, 7) is 3.56. The number of rotatable bonds is 7. The number of nitrogens with zero attached hydrogens (tertiary/aromatic N) is 3. The minimum Gasteiger partial charge on any atom is -0.404 e. The van der Waals surface area contributed by atoms with Gasteiger partial charge in [0, 0.05) is 37.2 Å². The number of carbonyl (C=O) groups excluding carboxylic acids is 1. The first kappa shape index (κ1) is 15.8. The fourth-order valence-electron chi connectivity index (χ4n) is 1.73. The van der Waals surface area contributed by atoms with Gasteiger partial charge in [0.25, 0.3) is 0 Å². The summed E-state index contributed by atoms with van der Waals surface area (Å²) in [7, 11) is 1.67. The van der Waals surface area contributed by atoms with Gasteiger partial charge in [0.2, 0.25) is 0 Å². The number of nitrogens with two attached hydrogens (primary N) is 1. The summed E-state index contributed by atoms with van der Waals surface area (Å²) in [6.07, 6.45) is 12.3. The maximum atomic E-state index is 10.5. The van der Waals surface area contributed by atoms with Crippen LogP contribution in [0.2, 0.25) is 0 Å². The Morgan fingerprint density at radius 3 is 2.65 bits per heavy atom. The molecule has 1 aliphatic rings. The van der Waals surface area contributed by atoms with Crippen molar-refractivity contribution < 1.29 is 4.79 Å². The molecule has 1 aliphatic carbocycles. The Hall–Kier alpha value is -2.30. The third-order valence-electron chi connectivity index (χ3n) is 2.99. The van der Waals surface area contributed by atoms with Crippen LogP contribution < -0.4 is 5.73 Å². The van der Waals surface area contributed by atoms with Crippen molar-refractivity contribution in [2.45, 2.75) is 18.9 Å². The lowest BCUT2D eigenvalue weighted by Crippen LogP contribution is -2.28. The summed E-state index contributed by atoms with van der Waals surface area (Å²) in [5, 5.41) is 0. The smallest absolute Gasteiger partial charge is 0.123 e. The lowest BCUT2D eigenvalue weighted by atomic mass is 9.82. The van der Waals surface area contributed by atoms with E-state index in [-0.39, 0.29) is 12.0 Å². The van der Waals surface area contributed by atoms with Crippen LogP contribution in [-0.2, 0) is 4.79 Å². The van der Waals surface area contributed by atoms with E-state index in [2.05, 4.69) is 21.6 Å². The molecule has 0 unspecified atom stereocenters. The molecule has 0 aromatic rings. The van der Waals surface area contributed by atoms with Gasteiger partial charge in [-0.2, -0.15) is 0 Å². The van der Waals surface area contributed by atoms with Crippen molar-refractivity contribution in [3.63, 3.8) is 0 Å². The molecular formula is C15H20N4O. The van der Waals surface area contributed by atoms with Crippen LogP contribution >= 0.6 is 0 Å². The zero-order valence-corrected chi connectivity index (χ0v) is 11.6. The highest BCUT2D eigenvalue weighted by atomic mass is 16.1. The molecule has 2 N–H and O–H groups in total. The first-order valence-electron chi connectivity index (χ1n) is 6.43. The maximum Gasteiger partial charge on any atom is 0.123 e. The van der Waals surface area contributed by atoms with Crippen LogP contribution in [0.1, 0.15) is 12.8 Å². The predicted octanol–water partition coefficient (Wildman–Crippen LogP) is 1.72. The first-order chi connectivity index (χ1) is 9.74. The fourth-order valence-corrected chi connectivity index (χ4v) is 1.73. The van der Waals surface area contributed by atoms with Crippen LogP contribution in [0.15, 0.2) is 51.7 Å². The Kier molecular flexibility index (Phi) is 6.89. The Balaban J connectivity index is 2.62. The van der Waals surface area contributed by atoms with Gasteiger partial charge in [0.15, 0.2) is 0 Å². The fraction of sp³-hybridized carbons (Fsp3) is 0.333. The topological polar surface area (TPSA) is 80.2 Å². The van der Waals surface area contributed by atoms with E-state index < -0.39 is 0 Å². The Morgan fingerprint density at radius 1 is 1.35 bits per heavy atom. The number of carbonyl (C=O) groups is 1. The van der Waals surface area contributed by atoms with Crippen molar-refractivity contribution in [2.24, 2.45) is 26.6 Å². The number of hydrogen-bond acceptors (Lipinski definition) is 5. The van der Waals surface area contributed by atoms with Gasteiger partial charge in [-0.05, 0) is 18.9 Å². The molecule has 0 saturated heterocycles. The second-order valence-corrected chi connectivity index (χ2v) is 4.39. The third-order valence-corrected chi connectivity index (χ3v) is 2.99. The highest BCUT2D eigenvalue weighted by molar-refractivity contribution is 6.43. The van der Waals surface area contributed by atoms with Crippen LogP contribution in [0.25, 0.3) is 0 Å². The molecule has 0 aromatic heterocycles. The minimum absolute atomic E-state index is 0.160. The lowest BCUT2D eigenvalue weighted by Gasteiger charge is -2.27. The maximum absolute atomic E-state index is 10.5. The Bertz CT molecular complexity index is 480. The van der Waals surface area contributed by atoms with Crippen molar-refractivity contribution in [2.75, 3.05) is 7.05 Å². The number of hydrogen-bond donors (Lipinski definition) is 1. The molecule has 1 rings (SSSR count). The second kappa shape index (κ2) is 8.74. The minimum atomic E-state index is 0.160. The summed E-state index contributed by atoms with van der Waals surface area (Å²) in [5.74, 6) is 0.160. The summed E-state index contributed by atoms with van der Waals surface area (Å²) in [4.78, 5) is 23.1. The van der Waals surface area contributed by atoms with E-state index in [9.17, 15) is 4.79 Å². The molecule has 1 saturated carbocycles. The highest BCUT2D eigenvalue weighted by Gasteiger charge is 2.27. The highest BCUT2D eigenvalue weighted by Crippen LogP contribution is 2.27. The van der Waals surface area contributed by atoms with Crippen LogP contribution in [-0.4, -0.2) is 37.5 Å². The van der Waals surface area contributed by atoms with Gasteiger partial charge in [0.05, 0.1) is 18.0 Å². The molecule has 0 atom stereocenters. The molecule has 0 aliphatic heterocycles. The molecule has 0 spiro atoms. The zero-order chi connectivity index (χ0) is 14.8. The van der Waals surface area contributed by atoms with Crippen LogP contribution in [0.5, 0.6) is 0 Å². The van der Waals surface area contributed by atoms with Crippen molar-refractivity contribution in [1.82, 2.24) is 0 Å². The van der Waals surface area contributed by atoms with E-state index in [0.717, 1.165) is 19.1 Å². The van der Waals surface area contributed by atoms with E-state index in [0.29, 0.717) is 11.3 Å². The molecule has 0 aromatic carbocycles. The van der Waals surface area contributed by atoms with Crippen molar-refractivity contribution in [1.29, 1.82) is 0 Å². The molecule has 1 fully saturated rings. The zero-order valence-electron chi connectivity index (χ0n) is 11.6. The van der Waals surface area contributed by atoms with Gasteiger partial charge in [-0.3, -0.25) is 15.0 Å². The van der Waals surface area contributed by atoms with Crippen LogP contribution in [0, 0.1) is 5.92 Å². The summed E-state index contributed by atoms with van der Waals surface area (Å²) < 4.78 is 0. The van der Waals surface area contributed by atoms with Crippen LogP contribution in [0.3, 0.4) is 0 Å². The van der Waals surface area contributed by atoms with Gasteiger partial charge in [-0.15, -0.1) is 0 Å². The third kappa shape index (κ3) is 4.76. The van der Waals surface area contributed by atoms with Crippen molar-refractivity contribution in [3.8, 4) is 0 Å². The Labute approximate surface area is 119 Å². The summed E-state index contributed by atoms with van der Waals surface area (Å²) >= 11 is 0. The normalized spacial score (nSPS) is 24.4. The standard InChI is InChI=1S/C15H20N4O/c1-3-4-5-18-10-15(17-2)13(8-16)9-19-14-6-12(7-14)11-20/h3-5,8-12,14H,1,6-7,16H2,2H3/b5-4+,13-8?,17-15?,18-10?,19-9?. The number of aliphatic imine (C=N–C) groups is 3. The van der Waals surface area contributed by atoms with Gasteiger partial charge >= 0.3 is 0 Å². The van der Waals surface area contributed by atoms with E-state index in [1.807, 2.05) is 0 Å². The van der Waals surface area contributed by atoms with Crippen molar-refractivity contribution >= 4 is 24.4 Å². The van der Waals surface area contributed by atoms with Crippen molar-refractivity contribution in [3.05, 3.63) is 36.7 Å². The largest absolute Gasteiger partial charge is 0.404 e. The average molecular weight is 272 g/mol. The Morgan fingerprint density at radius 2 is 2.10 bits per heavy atom. The first-order valence-corrected chi connectivity index (χ1v) is 6.43. The second-order valence-electron chi connectivity index (χ2n) is 4.39. The molecule has 106 valence electrons. The van der Waals surface area contributed by atoms with Gasteiger partial charge < -0.3 is 10.5 Å². The molecule has 0 bridgehead atoms. The molecule has 0 amide bonds. The number of aldehydes is 1. The quantitative estimate of drug-likeness (QED) is 0.435. The lowest BCUT2D eigenvalue weighted by molar-refractivity contribution is -0.113. The SMILES string of the molecule is C=C/C=C/N=CC(=NC)C(C=NC1CC(C=O)C1)=CN. The monoisotopic (exact) mass is 272 g/mol. The molecule has 0 heterocycles. The molecular weight excluding hydrogens is 252 g/mol. The van der Waals surface area contributed by atoms with Gasteiger partial charge in [0.1, 0.15) is 6.29 Å². The van der Waals surface area contributed by atoms with E-state index in [1.165, 1.54) is 6.20 Å². The predicted molar refractivity (Wildman–Crippen MR) is 84.5 cm³/mol. The van der Waals surface area contributed by atoms with Gasteiger partial charge in [-0.25, -0.2) is 0 Å². The van der Waals surface area contributed by atoms with E-state index >= 15 is 0 Å². The molecule has 20 heavy (non-hydrogen) atoms. The molecule has 5 nitrogen and oxygen atoms in total. The average Bonchev–Trinajstić information content (AvgIpc) is 2.43. The van der Waals surface area contributed by atoms with Crippen LogP contribution in [0.4, 0.5) is 0 Å². The summed E-state index contributed by atoms with van der Waals surface area (Å²) in [6, 6.07) is 0.204.